The van der Waals surface area contributed by atoms with Crippen LogP contribution in [-0.4, -0.2) is 39.8 Å². The molecule has 1 aromatic rings. The van der Waals surface area contributed by atoms with Crippen LogP contribution in [0, 0.1) is 33.8 Å². The molecule has 140 valence electrons. The molecule has 2 aliphatic heterocycles. The van der Waals surface area contributed by atoms with Crippen LogP contribution >= 0.6 is 0 Å². The van der Waals surface area contributed by atoms with Gasteiger partial charge in [0.05, 0.1) is 28.8 Å². The van der Waals surface area contributed by atoms with Crippen LogP contribution in [0.1, 0.15) is 20.3 Å². The van der Waals surface area contributed by atoms with Crippen LogP contribution in [0.4, 0.5) is 11.4 Å². The maximum Gasteiger partial charge on any atom is 0.294 e. The minimum Gasteiger partial charge on any atom is -0.280 e. The summed E-state index contributed by atoms with van der Waals surface area (Å²) in [5, 5.41) is 21.6. The van der Waals surface area contributed by atoms with E-state index < -0.39 is 4.92 Å². The highest BCUT2D eigenvalue weighted by atomic mass is 16.6. The Bertz CT molecular complexity index is 899. The Morgan fingerprint density at radius 1 is 1.15 bits per heavy atom. The van der Waals surface area contributed by atoms with Crippen LogP contribution in [-0.2, 0) is 9.59 Å². The lowest BCUT2D eigenvalue weighted by molar-refractivity contribution is -0.384. The summed E-state index contributed by atoms with van der Waals surface area (Å²) in [5.74, 6) is -0.983. The summed E-state index contributed by atoms with van der Waals surface area (Å²) in [5.41, 5.74) is 0.356. The van der Waals surface area contributed by atoms with Gasteiger partial charge in [0, 0.05) is 12.1 Å². The van der Waals surface area contributed by atoms with Crippen molar-refractivity contribution in [2.24, 2.45) is 34.0 Å². The minimum atomic E-state index is -0.432. The predicted molar refractivity (Wildman–Crippen MR) is 93.6 cm³/mol. The van der Waals surface area contributed by atoms with E-state index in [1.165, 1.54) is 11.0 Å². The van der Waals surface area contributed by atoms with Gasteiger partial charge in [0.1, 0.15) is 5.69 Å². The molecule has 3 fully saturated rings. The third kappa shape index (κ3) is 1.94. The van der Waals surface area contributed by atoms with Crippen LogP contribution in [0.25, 0.3) is 0 Å². The smallest absolute Gasteiger partial charge is 0.280 e. The zero-order valence-corrected chi connectivity index (χ0v) is 14.9. The average Bonchev–Trinajstić information content (AvgIpc) is 3.34. The first-order valence-electron chi connectivity index (χ1n) is 9.22. The van der Waals surface area contributed by atoms with Gasteiger partial charge in [0.2, 0.25) is 11.8 Å². The number of carbonyl (C=O) groups is 2. The molecule has 2 saturated carbocycles. The average molecular weight is 369 g/mol. The molecular formula is C18H19N5O4. The van der Waals surface area contributed by atoms with Gasteiger partial charge in [0.15, 0.2) is 0 Å². The van der Waals surface area contributed by atoms with E-state index in [9.17, 15) is 19.7 Å². The highest BCUT2D eigenvalue weighted by Crippen LogP contribution is 2.60. The number of rotatable bonds is 3. The number of amides is 2. The topological polar surface area (TPSA) is 108 Å². The molecule has 4 aliphatic rings. The fourth-order valence-corrected chi connectivity index (χ4v) is 5.64. The number of likely N-dealkylation sites (tertiary alicyclic amines) is 1. The molecule has 0 N–H and O–H groups in total. The van der Waals surface area contributed by atoms with E-state index >= 15 is 0 Å². The number of nitro benzene ring substituents is 1. The predicted octanol–water partition coefficient (Wildman–Crippen LogP) is 2.18. The van der Waals surface area contributed by atoms with Gasteiger partial charge < -0.3 is 0 Å². The van der Waals surface area contributed by atoms with Gasteiger partial charge >= 0.3 is 0 Å². The van der Waals surface area contributed by atoms with Crippen molar-refractivity contribution in [1.29, 1.82) is 0 Å². The highest BCUT2D eigenvalue weighted by molar-refractivity contribution is 6.06. The van der Waals surface area contributed by atoms with Crippen molar-refractivity contribution in [3.63, 3.8) is 0 Å². The molecule has 1 saturated heterocycles. The SMILES string of the molecule is CC(C)N1C(=O)[C@@H]2[C@@H]3C[C@@H]([C@@H]2C1=O)[C@@H]1[C@@H]3N=NN1c1ccccc1[N+](=O)[O-]. The van der Waals surface area contributed by atoms with Crippen LogP contribution in [0.3, 0.4) is 0 Å². The lowest BCUT2D eigenvalue weighted by atomic mass is 9.76. The number of benzene rings is 1. The summed E-state index contributed by atoms with van der Waals surface area (Å²) in [6.07, 6.45) is 0.740. The van der Waals surface area contributed by atoms with Crippen molar-refractivity contribution < 1.29 is 14.5 Å². The van der Waals surface area contributed by atoms with Gasteiger partial charge in [-0.2, -0.15) is 5.11 Å². The molecule has 9 heteroatoms. The third-order valence-electron chi connectivity index (χ3n) is 6.53. The molecule has 27 heavy (non-hydrogen) atoms. The van der Waals surface area contributed by atoms with Crippen molar-refractivity contribution in [2.45, 2.75) is 38.4 Å². The molecule has 2 bridgehead atoms. The van der Waals surface area contributed by atoms with Crippen molar-refractivity contribution >= 4 is 23.2 Å². The molecule has 0 radical (unpaired) electrons. The summed E-state index contributed by atoms with van der Waals surface area (Å²) >= 11 is 0. The van der Waals surface area contributed by atoms with Gasteiger partial charge in [-0.25, -0.2) is 5.01 Å². The number of fused-ring (bicyclic) bond motifs is 8. The first kappa shape index (κ1) is 16.3. The molecule has 9 nitrogen and oxygen atoms in total. The van der Waals surface area contributed by atoms with E-state index in [2.05, 4.69) is 10.3 Å². The second-order valence-electron chi connectivity index (χ2n) is 8.03. The summed E-state index contributed by atoms with van der Waals surface area (Å²) in [6, 6.07) is 5.88. The maximum atomic E-state index is 13.0. The fourth-order valence-electron chi connectivity index (χ4n) is 5.64. The van der Waals surface area contributed by atoms with Gasteiger partial charge in [-0.1, -0.05) is 17.4 Å². The number of hydrogen-bond donors (Lipinski definition) is 0. The van der Waals surface area contributed by atoms with Gasteiger partial charge in [-0.3, -0.25) is 24.6 Å². The molecular weight excluding hydrogens is 350 g/mol. The van der Waals surface area contributed by atoms with Crippen molar-refractivity contribution in [1.82, 2.24) is 4.90 Å². The first-order chi connectivity index (χ1) is 12.9. The van der Waals surface area contributed by atoms with Gasteiger partial charge in [0.25, 0.3) is 5.69 Å². The van der Waals surface area contributed by atoms with Crippen LogP contribution < -0.4 is 5.01 Å². The highest BCUT2D eigenvalue weighted by Gasteiger charge is 2.70. The van der Waals surface area contributed by atoms with Gasteiger partial charge in [-0.05, 0) is 38.2 Å². The van der Waals surface area contributed by atoms with E-state index in [1.807, 2.05) is 13.8 Å². The number of hydrogen-bond acceptors (Lipinski definition) is 7. The zero-order chi connectivity index (χ0) is 19.0. The molecule has 0 aromatic heterocycles. The van der Waals surface area contributed by atoms with Crippen LogP contribution in [0.15, 0.2) is 34.6 Å². The van der Waals surface area contributed by atoms with Crippen molar-refractivity contribution in [3.05, 3.63) is 34.4 Å². The Morgan fingerprint density at radius 2 is 1.81 bits per heavy atom. The Labute approximate surface area is 155 Å². The molecule has 1 aromatic carbocycles. The molecule has 0 spiro atoms. The summed E-state index contributed by atoms with van der Waals surface area (Å²) in [4.78, 5) is 38.2. The van der Waals surface area contributed by atoms with Gasteiger partial charge in [-0.15, -0.1) is 0 Å². The third-order valence-corrected chi connectivity index (χ3v) is 6.53. The number of para-hydroxylation sites is 2. The summed E-state index contributed by atoms with van der Waals surface area (Å²) < 4.78 is 0. The molecule has 2 aliphatic carbocycles. The number of nitro groups is 1. The summed E-state index contributed by atoms with van der Waals surface area (Å²) in [7, 11) is 0. The molecule has 5 rings (SSSR count). The maximum absolute atomic E-state index is 13.0. The zero-order valence-electron chi connectivity index (χ0n) is 14.9. The second kappa shape index (κ2) is 5.34. The van der Waals surface area contributed by atoms with Crippen LogP contribution in [0.2, 0.25) is 0 Å². The first-order valence-corrected chi connectivity index (χ1v) is 9.22. The van der Waals surface area contributed by atoms with E-state index in [4.69, 9.17) is 0 Å². The summed E-state index contributed by atoms with van der Waals surface area (Å²) in [6.45, 7) is 3.69. The van der Waals surface area contributed by atoms with E-state index in [0.717, 1.165) is 6.42 Å². The Hall–Kier alpha value is -2.84. The molecule has 6 atom stereocenters. The van der Waals surface area contributed by atoms with E-state index in [1.54, 1.807) is 23.2 Å². The Kier molecular flexibility index (Phi) is 3.23. The Balaban J connectivity index is 1.53. The van der Waals surface area contributed by atoms with Crippen molar-refractivity contribution in [2.75, 3.05) is 5.01 Å². The minimum absolute atomic E-state index is 0.0262. The number of carbonyl (C=O) groups excluding carboxylic acids is 2. The van der Waals surface area contributed by atoms with E-state index in [-0.39, 0.29) is 59.3 Å². The standard InChI is InChI=1S/C18H19N5O4/c1-8(2)21-17(24)13-9-7-10(14(13)18(21)25)16-15(9)19-20-22(16)11-5-3-4-6-12(11)23(26)27/h3-6,8-10,13-16H,7H2,1-2H3/t9-,10-,13+,14-,15+,16+/m0/s1. The largest absolute Gasteiger partial charge is 0.294 e. The van der Waals surface area contributed by atoms with E-state index in [0.29, 0.717) is 5.69 Å². The monoisotopic (exact) mass is 369 g/mol. The number of nitrogens with zero attached hydrogens (tertiary/aromatic N) is 5. The molecule has 0 unspecified atom stereocenters. The quantitative estimate of drug-likeness (QED) is 0.461. The Morgan fingerprint density at radius 3 is 2.48 bits per heavy atom. The fraction of sp³-hybridized carbons (Fsp3) is 0.556. The normalized spacial score (nSPS) is 36.1. The lowest BCUT2D eigenvalue weighted by Crippen LogP contribution is -2.47. The van der Waals surface area contributed by atoms with Crippen molar-refractivity contribution in [3.8, 4) is 0 Å². The van der Waals surface area contributed by atoms with Crippen LogP contribution in [0.5, 0.6) is 0 Å². The number of imide groups is 1. The molecule has 2 heterocycles. The second-order valence-corrected chi connectivity index (χ2v) is 8.03. The number of anilines is 1. The lowest BCUT2D eigenvalue weighted by Gasteiger charge is -2.33. The molecule has 2 amide bonds.